The second-order valence-electron chi connectivity index (χ2n) is 4.41. The monoisotopic (exact) mass is 211 g/mol. The molecule has 0 amide bonds. The summed E-state index contributed by atoms with van der Waals surface area (Å²) in [6.07, 6.45) is 6.10. The molecule has 0 heterocycles. The molecule has 1 aromatic rings. The summed E-state index contributed by atoms with van der Waals surface area (Å²) in [4.78, 5) is 0. The molecule has 0 bridgehead atoms. The van der Waals surface area contributed by atoms with E-state index < -0.39 is 11.0 Å². The highest BCUT2D eigenvalue weighted by Gasteiger charge is 2.65. The quantitative estimate of drug-likeness (QED) is 0.761. The Morgan fingerprint density at radius 2 is 2.06 bits per heavy atom. The van der Waals surface area contributed by atoms with Gasteiger partial charge in [0.2, 0.25) is 0 Å². The first kappa shape index (κ1) is 10.7. The average Bonchev–Trinajstić information content (AvgIpc) is 3.02. The zero-order valence-electron chi connectivity index (χ0n) is 9.14. The van der Waals surface area contributed by atoms with Gasteiger partial charge in [-0.15, -0.1) is 6.42 Å². The van der Waals surface area contributed by atoms with Gasteiger partial charge in [-0.2, -0.15) is 5.26 Å². The summed E-state index contributed by atoms with van der Waals surface area (Å²) in [6.45, 7) is 1.94. The van der Waals surface area contributed by atoms with Crippen LogP contribution in [0.3, 0.4) is 0 Å². The highest BCUT2D eigenvalue weighted by Crippen LogP contribution is 2.62. The number of benzene rings is 1. The molecule has 2 rings (SSSR count). The Balaban J connectivity index is 2.52. The lowest BCUT2D eigenvalue weighted by molar-refractivity contribution is 0.0392. The fourth-order valence-corrected chi connectivity index (χ4v) is 2.31. The summed E-state index contributed by atoms with van der Waals surface area (Å²) in [6, 6.07) is 11.2. The Bertz CT molecular complexity index is 482. The van der Waals surface area contributed by atoms with E-state index in [0.29, 0.717) is 12.0 Å². The number of hydrogen-bond donors (Lipinski definition) is 1. The van der Waals surface area contributed by atoms with Gasteiger partial charge in [-0.1, -0.05) is 43.2 Å². The van der Waals surface area contributed by atoms with Crippen LogP contribution in [0.2, 0.25) is 0 Å². The molecular formula is C14H13NO. The third-order valence-electron chi connectivity index (χ3n) is 3.55. The van der Waals surface area contributed by atoms with Crippen LogP contribution < -0.4 is 0 Å². The minimum absolute atomic E-state index is 0.138. The maximum absolute atomic E-state index is 10.6. The van der Waals surface area contributed by atoms with Gasteiger partial charge in [-0.25, -0.2) is 0 Å². The van der Waals surface area contributed by atoms with E-state index >= 15 is 0 Å². The molecule has 1 aliphatic rings. The molecule has 16 heavy (non-hydrogen) atoms. The van der Waals surface area contributed by atoms with Crippen LogP contribution in [0.4, 0.5) is 0 Å². The Labute approximate surface area is 95.5 Å². The van der Waals surface area contributed by atoms with Crippen molar-refractivity contribution in [2.75, 3.05) is 0 Å². The first-order valence-electron chi connectivity index (χ1n) is 5.27. The van der Waals surface area contributed by atoms with Gasteiger partial charge in [-0.3, -0.25) is 0 Å². The molecule has 1 N–H and O–H groups in total. The number of terminal acetylenes is 1. The first-order chi connectivity index (χ1) is 7.60. The van der Waals surface area contributed by atoms with E-state index in [0.717, 1.165) is 0 Å². The van der Waals surface area contributed by atoms with Gasteiger partial charge in [0.05, 0.1) is 6.07 Å². The van der Waals surface area contributed by atoms with Gasteiger partial charge < -0.3 is 5.11 Å². The minimum atomic E-state index is -1.47. The normalized spacial score (nSPS) is 30.9. The van der Waals surface area contributed by atoms with Crippen molar-refractivity contribution in [3.8, 4) is 18.4 Å². The van der Waals surface area contributed by atoms with Crippen molar-refractivity contribution in [1.82, 2.24) is 0 Å². The minimum Gasteiger partial charge on any atom is -0.372 e. The van der Waals surface area contributed by atoms with E-state index in [1.165, 1.54) is 0 Å². The van der Waals surface area contributed by atoms with Crippen LogP contribution in [-0.4, -0.2) is 5.11 Å². The topological polar surface area (TPSA) is 44.0 Å². The van der Waals surface area contributed by atoms with Crippen molar-refractivity contribution in [3.63, 3.8) is 0 Å². The molecule has 3 atom stereocenters. The summed E-state index contributed by atoms with van der Waals surface area (Å²) >= 11 is 0. The molecule has 1 aromatic carbocycles. The zero-order chi connectivity index (χ0) is 11.8. The molecule has 0 aliphatic heterocycles. The molecule has 1 fully saturated rings. The van der Waals surface area contributed by atoms with Gasteiger partial charge in [0, 0.05) is 0 Å². The molecule has 0 saturated heterocycles. The van der Waals surface area contributed by atoms with E-state index in [1.807, 2.05) is 25.1 Å². The van der Waals surface area contributed by atoms with E-state index in [9.17, 15) is 10.4 Å². The number of hydrogen-bond acceptors (Lipinski definition) is 2. The maximum Gasteiger partial charge on any atom is 0.169 e. The van der Waals surface area contributed by atoms with Crippen LogP contribution in [-0.2, 0) is 5.60 Å². The number of rotatable bonds is 2. The van der Waals surface area contributed by atoms with Crippen LogP contribution in [0.1, 0.15) is 18.9 Å². The lowest BCUT2D eigenvalue weighted by atomic mass is 9.78. The van der Waals surface area contributed by atoms with Gasteiger partial charge in [-0.05, 0) is 17.9 Å². The van der Waals surface area contributed by atoms with Crippen molar-refractivity contribution in [1.29, 1.82) is 5.26 Å². The largest absolute Gasteiger partial charge is 0.372 e. The van der Waals surface area contributed by atoms with Crippen molar-refractivity contribution in [3.05, 3.63) is 35.9 Å². The van der Waals surface area contributed by atoms with E-state index in [2.05, 4.69) is 12.0 Å². The number of nitriles is 1. The van der Waals surface area contributed by atoms with Crippen molar-refractivity contribution in [2.24, 2.45) is 11.3 Å². The van der Waals surface area contributed by atoms with Crippen LogP contribution in [0.25, 0.3) is 0 Å². The smallest absolute Gasteiger partial charge is 0.169 e. The predicted octanol–water partition coefficient (Wildman–Crippen LogP) is 2.06. The zero-order valence-corrected chi connectivity index (χ0v) is 9.14. The van der Waals surface area contributed by atoms with Crippen LogP contribution >= 0.6 is 0 Å². The fraction of sp³-hybridized carbons (Fsp3) is 0.357. The fourth-order valence-electron chi connectivity index (χ4n) is 2.31. The Morgan fingerprint density at radius 1 is 1.50 bits per heavy atom. The summed E-state index contributed by atoms with van der Waals surface area (Å²) in [7, 11) is 0. The van der Waals surface area contributed by atoms with Crippen molar-refractivity contribution in [2.45, 2.75) is 18.9 Å². The third-order valence-corrected chi connectivity index (χ3v) is 3.55. The molecule has 0 radical (unpaired) electrons. The van der Waals surface area contributed by atoms with Gasteiger partial charge in [0.25, 0.3) is 0 Å². The lowest BCUT2D eigenvalue weighted by Crippen LogP contribution is -2.35. The highest BCUT2D eigenvalue weighted by molar-refractivity contribution is 5.41. The molecule has 2 nitrogen and oxygen atoms in total. The van der Waals surface area contributed by atoms with Crippen LogP contribution in [0, 0.1) is 35.0 Å². The van der Waals surface area contributed by atoms with Crippen LogP contribution in [0.5, 0.6) is 0 Å². The second kappa shape index (κ2) is 3.37. The Kier molecular flexibility index (Phi) is 2.26. The summed E-state index contributed by atoms with van der Waals surface area (Å²) in [5.74, 6) is 2.55. The van der Waals surface area contributed by atoms with E-state index in [-0.39, 0.29) is 5.92 Å². The average molecular weight is 211 g/mol. The highest BCUT2D eigenvalue weighted by atomic mass is 16.3. The maximum atomic E-state index is 10.6. The summed E-state index contributed by atoms with van der Waals surface area (Å²) in [5.41, 5.74) is -1.66. The van der Waals surface area contributed by atoms with Gasteiger partial charge in [0.15, 0.2) is 5.60 Å². The van der Waals surface area contributed by atoms with E-state index in [1.54, 1.807) is 12.1 Å². The number of aliphatic hydroxyl groups is 1. The summed E-state index contributed by atoms with van der Waals surface area (Å²) in [5, 5.41) is 19.8. The summed E-state index contributed by atoms with van der Waals surface area (Å²) < 4.78 is 0. The van der Waals surface area contributed by atoms with Gasteiger partial charge >= 0.3 is 0 Å². The molecule has 80 valence electrons. The van der Waals surface area contributed by atoms with Crippen LogP contribution in [0.15, 0.2) is 30.3 Å². The Hall–Kier alpha value is -1.77. The lowest BCUT2D eigenvalue weighted by Gasteiger charge is -2.28. The van der Waals surface area contributed by atoms with Gasteiger partial charge in [0.1, 0.15) is 5.41 Å². The van der Waals surface area contributed by atoms with Crippen molar-refractivity contribution < 1.29 is 5.11 Å². The molecule has 1 saturated carbocycles. The van der Waals surface area contributed by atoms with Crippen molar-refractivity contribution >= 4 is 0 Å². The molecule has 0 spiro atoms. The van der Waals surface area contributed by atoms with E-state index in [4.69, 9.17) is 6.42 Å². The molecular weight excluding hydrogens is 198 g/mol. The predicted molar refractivity (Wildman–Crippen MR) is 61.0 cm³/mol. The molecule has 0 aromatic heterocycles. The molecule has 0 unspecified atom stereocenters. The molecule has 1 aliphatic carbocycles. The second-order valence-corrected chi connectivity index (χ2v) is 4.41. The Morgan fingerprint density at radius 3 is 2.44 bits per heavy atom. The first-order valence-corrected chi connectivity index (χ1v) is 5.27. The standard InChI is InChI=1S/C14H13NO/c1-3-14(16,12-7-5-4-6-8-12)13(10-15)9-11(13)2/h1,4-8,11,16H,9H2,2H3/t11-,13+,14+/m1/s1. The third kappa shape index (κ3) is 1.18. The molecule has 2 heteroatoms. The SMILES string of the molecule is C#C[C@](O)(c1ccccc1)[C@]1(C#N)C[C@H]1C. The number of nitrogens with zero attached hydrogens (tertiary/aromatic N) is 1.